The molecule has 1 aromatic heterocycles. The van der Waals surface area contributed by atoms with Gasteiger partial charge in [-0.15, -0.1) is 24.8 Å². The lowest BCUT2D eigenvalue weighted by Crippen LogP contribution is -2.41. The van der Waals surface area contributed by atoms with Crippen molar-refractivity contribution in [1.82, 2.24) is 15.2 Å². The van der Waals surface area contributed by atoms with Crippen LogP contribution in [0.2, 0.25) is 0 Å². The molecule has 0 spiro atoms. The summed E-state index contributed by atoms with van der Waals surface area (Å²) in [5, 5.41) is 3.06. The van der Waals surface area contributed by atoms with Gasteiger partial charge in [-0.25, -0.2) is 4.39 Å². The average molecular weight is 310 g/mol. The number of hydrogen-bond acceptors (Lipinski definition) is 3. The molecule has 1 aromatic rings. The number of likely N-dealkylation sites (N-methyl/N-ethyl adjacent to an activating group) is 1. The third kappa shape index (κ3) is 4.03. The normalized spacial score (nSPS) is 17.6. The summed E-state index contributed by atoms with van der Waals surface area (Å²) in [4.78, 5) is 17.6. The first kappa shape index (κ1) is 18.1. The minimum absolute atomic E-state index is 0. The average Bonchev–Trinajstić information content (AvgIpc) is 2.78. The molecule has 1 unspecified atom stereocenters. The number of hydrogen-bond donors (Lipinski definition) is 1. The van der Waals surface area contributed by atoms with Gasteiger partial charge < -0.3 is 10.2 Å². The second-order valence-electron chi connectivity index (χ2n) is 4.21. The summed E-state index contributed by atoms with van der Waals surface area (Å²) in [6.07, 6.45) is 4.47. The standard InChI is InChI=1S/C12H16FN3O.2ClH/c1-14-7-9-3-2-6-16(9)12(17)10-4-5-15-8-11(10)13;;/h4-5,8-9,14H,2-3,6-7H2,1H3;2*1H. The Morgan fingerprint density at radius 2 is 2.32 bits per heavy atom. The highest BCUT2D eigenvalue weighted by atomic mass is 35.5. The van der Waals surface area contributed by atoms with Gasteiger partial charge in [-0.05, 0) is 26.0 Å². The van der Waals surface area contributed by atoms with E-state index in [1.807, 2.05) is 7.05 Å². The lowest BCUT2D eigenvalue weighted by Gasteiger charge is -2.24. The zero-order valence-corrected chi connectivity index (χ0v) is 12.3. The topological polar surface area (TPSA) is 45.2 Å². The van der Waals surface area contributed by atoms with E-state index in [9.17, 15) is 9.18 Å². The number of aromatic nitrogens is 1. The van der Waals surface area contributed by atoms with Crippen LogP contribution >= 0.6 is 24.8 Å². The van der Waals surface area contributed by atoms with Crippen LogP contribution in [0.5, 0.6) is 0 Å². The van der Waals surface area contributed by atoms with Gasteiger partial charge in [0, 0.05) is 25.3 Å². The van der Waals surface area contributed by atoms with Gasteiger partial charge in [-0.1, -0.05) is 0 Å². The van der Waals surface area contributed by atoms with Crippen molar-refractivity contribution < 1.29 is 9.18 Å². The number of carbonyl (C=O) groups is 1. The predicted octanol–water partition coefficient (Wildman–Crippen LogP) is 1.89. The summed E-state index contributed by atoms with van der Waals surface area (Å²) in [7, 11) is 1.86. The van der Waals surface area contributed by atoms with Crippen LogP contribution in [-0.4, -0.2) is 42.0 Å². The molecule has 7 heteroatoms. The van der Waals surface area contributed by atoms with Crippen molar-refractivity contribution in [2.75, 3.05) is 20.1 Å². The molecule has 1 aliphatic heterocycles. The Morgan fingerprint density at radius 1 is 1.58 bits per heavy atom. The molecule has 4 nitrogen and oxygen atoms in total. The summed E-state index contributed by atoms with van der Waals surface area (Å²) in [5.41, 5.74) is 0.114. The zero-order chi connectivity index (χ0) is 12.3. The molecule has 2 heterocycles. The number of nitrogens with zero attached hydrogens (tertiary/aromatic N) is 2. The van der Waals surface area contributed by atoms with Crippen molar-refractivity contribution in [3.8, 4) is 0 Å². The molecule has 0 aliphatic carbocycles. The number of rotatable bonds is 3. The SMILES string of the molecule is CNCC1CCCN1C(=O)c1ccncc1F.Cl.Cl. The monoisotopic (exact) mass is 309 g/mol. The molecule has 0 bridgehead atoms. The maximum Gasteiger partial charge on any atom is 0.257 e. The molecule has 1 saturated heterocycles. The molecule has 1 amide bonds. The maximum atomic E-state index is 13.5. The van der Waals surface area contributed by atoms with E-state index in [0.29, 0.717) is 6.54 Å². The first-order valence-electron chi connectivity index (χ1n) is 5.79. The Labute approximate surface area is 124 Å². The van der Waals surface area contributed by atoms with Crippen LogP contribution in [0.25, 0.3) is 0 Å². The highest BCUT2D eigenvalue weighted by Gasteiger charge is 2.29. The van der Waals surface area contributed by atoms with Gasteiger partial charge in [-0.3, -0.25) is 9.78 Å². The van der Waals surface area contributed by atoms with Crippen LogP contribution < -0.4 is 5.32 Å². The lowest BCUT2D eigenvalue weighted by molar-refractivity contribution is 0.0732. The third-order valence-corrected chi connectivity index (χ3v) is 3.08. The van der Waals surface area contributed by atoms with Gasteiger partial charge in [0.05, 0.1) is 11.8 Å². The van der Waals surface area contributed by atoms with Crippen molar-refractivity contribution in [3.05, 3.63) is 29.8 Å². The van der Waals surface area contributed by atoms with Crippen LogP contribution in [0, 0.1) is 5.82 Å². The molecule has 1 atom stereocenters. The minimum atomic E-state index is -0.549. The summed E-state index contributed by atoms with van der Waals surface area (Å²) in [6.45, 7) is 1.45. The van der Waals surface area contributed by atoms with E-state index >= 15 is 0 Å². The molecular weight excluding hydrogens is 292 g/mol. The fourth-order valence-corrected chi connectivity index (χ4v) is 2.25. The number of halogens is 3. The summed E-state index contributed by atoms with van der Waals surface area (Å²) in [5.74, 6) is -0.782. The minimum Gasteiger partial charge on any atom is -0.334 e. The summed E-state index contributed by atoms with van der Waals surface area (Å²) < 4.78 is 13.5. The van der Waals surface area contributed by atoms with Crippen LogP contribution in [0.1, 0.15) is 23.2 Å². The van der Waals surface area contributed by atoms with Crippen molar-refractivity contribution in [2.45, 2.75) is 18.9 Å². The Morgan fingerprint density at radius 3 is 2.95 bits per heavy atom. The molecule has 0 saturated carbocycles. The predicted molar refractivity (Wildman–Crippen MR) is 76.7 cm³/mol. The molecule has 108 valence electrons. The number of pyridine rings is 1. The second kappa shape index (κ2) is 8.30. The fraction of sp³-hybridized carbons (Fsp3) is 0.500. The third-order valence-electron chi connectivity index (χ3n) is 3.08. The van der Waals surface area contributed by atoms with E-state index in [2.05, 4.69) is 10.3 Å². The van der Waals surface area contributed by atoms with Crippen molar-refractivity contribution >= 4 is 30.7 Å². The Kier molecular flexibility index (Phi) is 7.90. The van der Waals surface area contributed by atoms with E-state index in [-0.39, 0.29) is 42.3 Å². The van der Waals surface area contributed by atoms with Crippen molar-refractivity contribution in [3.63, 3.8) is 0 Å². The number of carbonyl (C=O) groups excluding carboxylic acids is 1. The van der Waals surface area contributed by atoms with E-state index in [0.717, 1.165) is 25.6 Å². The highest BCUT2D eigenvalue weighted by Crippen LogP contribution is 2.20. The van der Waals surface area contributed by atoms with Gasteiger partial charge in [0.1, 0.15) is 0 Å². The first-order valence-corrected chi connectivity index (χ1v) is 5.79. The summed E-state index contributed by atoms with van der Waals surface area (Å²) >= 11 is 0. The van der Waals surface area contributed by atoms with Gasteiger partial charge in [0.2, 0.25) is 0 Å². The molecule has 0 aromatic carbocycles. The van der Waals surface area contributed by atoms with Gasteiger partial charge >= 0.3 is 0 Å². The molecule has 1 fully saturated rings. The van der Waals surface area contributed by atoms with E-state index in [4.69, 9.17) is 0 Å². The van der Waals surface area contributed by atoms with Crippen LogP contribution in [0.15, 0.2) is 18.5 Å². The molecule has 2 rings (SSSR count). The van der Waals surface area contributed by atoms with Crippen LogP contribution in [0.4, 0.5) is 4.39 Å². The molecular formula is C12H18Cl2FN3O. The molecule has 0 radical (unpaired) electrons. The smallest absolute Gasteiger partial charge is 0.257 e. The fourth-order valence-electron chi connectivity index (χ4n) is 2.25. The Balaban J connectivity index is 0.00000162. The Bertz CT molecular complexity index is 420. The van der Waals surface area contributed by atoms with Crippen molar-refractivity contribution in [1.29, 1.82) is 0 Å². The number of amides is 1. The molecule has 1 aliphatic rings. The van der Waals surface area contributed by atoms with E-state index < -0.39 is 5.82 Å². The maximum absolute atomic E-state index is 13.5. The molecule has 19 heavy (non-hydrogen) atoms. The largest absolute Gasteiger partial charge is 0.334 e. The quantitative estimate of drug-likeness (QED) is 0.927. The van der Waals surface area contributed by atoms with Crippen LogP contribution in [0.3, 0.4) is 0 Å². The zero-order valence-electron chi connectivity index (χ0n) is 10.6. The summed E-state index contributed by atoms with van der Waals surface area (Å²) in [6, 6.07) is 1.60. The highest BCUT2D eigenvalue weighted by molar-refractivity contribution is 5.94. The lowest BCUT2D eigenvalue weighted by atomic mass is 10.2. The first-order chi connectivity index (χ1) is 8.24. The number of likely N-dealkylation sites (tertiary alicyclic amines) is 1. The molecule has 1 N–H and O–H groups in total. The number of nitrogens with one attached hydrogen (secondary N) is 1. The van der Waals surface area contributed by atoms with E-state index in [1.165, 1.54) is 12.3 Å². The second-order valence-corrected chi connectivity index (χ2v) is 4.21. The van der Waals surface area contributed by atoms with Gasteiger partial charge in [-0.2, -0.15) is 0 Å². The van der Waals surface area contributed by atoms with Crippen LogP contribution in [-0.2, 0) is 0 Å². The van der Waals surface area contributed by atoms with Crippen molar-refractivity contribution in [2.24, 2.45) is 0 Å². The van der Waals surface area contributed by atoms with Gasteiger partial charge in [0.25, 0.3) is 5.91 Å². The Hall–Kier alpha value is -0.910. The van der Waals surface area contributed by atoms with Gasteiger partial charge in [0.15, 0.2) is 5.82 Å². The van der Waals surface area contributed by atoms with E-state index in [1.54, 1.807) is 4.90 Å².